The third kappa shape index (κ3) is 3.65. The van der Waals surface area contributed by atoms with E-state index < -0.39 is 0 Å². The maximum absolute atomic E-state index is 12.6. The lowest BCUT2D eigenvalue weighted by Crippen LogP contribution is -2.38. The molecule has 1 aliphatic heterocycles. The van der Waals surface area contributed by atoms with E-state index in [1.165, 1.54) is 5.56 Å². The number of methoxy groups -OCH3 is 3. The van der Waals surface area contributed by atoms with E-state index in [9.17, 15) is 4.79 Å². The van der Waals surface area contributed by atoms with Crippen LogP contribution in [-0.2, 0) is 13.0 Å². The van der Waals surface area contributed by atoms with Crippen LogP contribution in [-0.4, -0.2) is 38.8 Å². The number of benzene rings is 2. The quantitative estimate of drug-likeness (QED) is 0.877. The zero-order valence-corrected chi connectivity index (χ0v) is 15.7. The van der Waals surface area contributed by atoms with Crippen molar-refractivity contribution < 1.29 is 19.0 Å². The molecule has 0 radical (unpaired) electrons. The van der Waals surface area contributed by atoms with Gasteiger partial charge in [0.25, 0.3) is 0 Å². The van der Waals surface area contributed by atoms with Crippen LogP contribution >= 0.6 is 11.6 Å². The summed E-state index contributed by atoms with van der Waals surface area (Å²) in [5.41, 5.74) is 2.84. The molecule has 1 aliphatic rings. The van der Waals surface area contributed by atoms with Gasteiger partial charge in [0.1, 0.15) is 5.75 Å². The predicted molar refractivity (Wildman–Crippen MR) is 101 cm³/mol. The monoisotopic (exact) mass is 376 g/mol. The molecule has 0 bridgehead atoms. The fourth-order valence-electron chi connectivity index (χ4n) is 3.00. The van der Waals surface area contributed by atoms with E-state index >= 15 is 0 Å². The van der Waals surface area contributed by atoms with Crippen LogP contribution in [0.2, 0.25) is 5.02 Å². The molecule has 6 nitrogen and oxygen atoms in total. The number of nitrogens with zero attached hydrogens (tertiary/aromatic N) is 1. The standard InChI is InChI=1S/C19H21ClN2O4/c1-24-16-5-4-14(10-15(16)20)21-19(23)22-7-6-12-8-17(25-2)18(26-3)9-13(12)11-22/h4-5,8-10H,6-7,11H2,1-3H3,(H,21,23). The molecule has 0 aliphatic carbocycles. The maximum atomic E-state index is 12.6. The highest BCUT2D eigenvalue weighted by molar-refractivity contribution is 6.32. The lowest BCUT2D eigenvalue weighted by Gasteiger charge is -2.29. The topological polar surface area (TPSA) is 60.0 Å². The Bertz CT molecular complexity index is 825. The molecule has 3 rings (SSSR count). The van der Waals surface area contributed by atoms with Gasteiger partial charge in [0.05, 0.1) is 26.4 Å². The molecule has 1 N–H and O–H groups in total. The van der Waals surface area contributed by atoms with E-state index in [0.717, 1.165) is 12.0 Å². The number of rotatable bonds is 4. The summed E-state index contributed by atoms with van der Waals surface area (Å²) in [5.74, 6) is 1.94. The Morgan fingerprint density at radius 1 is 1.00 bits per heavy atom. The van der Waals surface area contributed by atoms with Crippen LogP contribution < -0.4 is 19.5 Å². The highest BCUT2D eigenvalue weighted by atomic mass is 35.5. The molecule has 0 spiro atoms. The van der Waals surface area contributed by atoms with Crippen molar-refractivity contribution in [3.63, 3.8) is 0 Å². The Morgan fingerprint density at radius 2 is 1.65 bits per heavy atom. The molecule has 2 aromatic rings. The normalized spacial score (nSPS) is 13.0. The Hall–Kier alpha value is -2.60. The molecule has 7 heteroatoms. The number of hydrogen-bond acceptors (Lipinski definition) is 4. The smallest absolute Gasteiger partial charge is 0.322 e. The number of hydrogen-bond donors (Lipinski definition) is 1. The van der Waals surface area contributed by atoms with E-state index in [4.69, 9.17) is 25.8 Å². The lowest BCUT2D eigenvalue weighted by atomic mass is 9.99. The molecular formula is C19H21ClN2O4. The first-order valence-corrected chi connectivity index (χ1v) is 8.56. The molecule has 2 amide bonds. The number of fused-ring (bicyclic) bond motifs is 1. The molecule has 2 aromatic carbocycles. The van der Waals surface area contributed by atoms with Gasteiger partial charge >= 0.3 is 6.03 Å². The number of anilines is 1. The van der Waals surface area contributed by atoms with Gasteiger partial charge in [-0.15, -0.1) is 0 Å². The fraction of sp³-hybridized carbons (Fsp3) is 0.316. The van der Waals surface area contributed by atoms with Gasteiger partial charge in [0.2, 0.25) is 0 Å². The summed E-state index contributed by atoms with van der Waals surface area (Å²) in [6, 6.07) is 8.88. The number of ether oxygens (including phenoxy) is 3. The summed E-state index contributed by atoms with van der Waals surface area (Å²) in [6.07, 6.45) is 0.756. The minimum Gasteiger partial charge on any atom is -0.495 e. The largest absolute Gasteiger partial charge is 0.495 e. The lowest BCUT2D eigenvalue weighted by molar-refractivity contribution is 0.206. The second-order valence-electron chi connectivity index (χ2n) is 5.93. The number of carbonyl (C=O) groups excluding carboxylic acids is 1. The molecule has 26 heavy (non-hydrogen) atoms. The van der Waals surface area contributed by atoms with Crippen LogP contribution in [0.1, 0.15) is 11.1 Å². The van der Waals surface area contributed by atoms with Crippen LogP contribution in [0, 0.1) is 0 Å². The van der Waals surface area contributed by atoms with Gasteiger partial charge < -0.3 is 24.4 Å². The second kappa shape index (κ2) is 7.74. The fourth-order valence-corrected chi connectivity index (χ4v) is 3.26. The molecular weight excluding hydrogens is 356 g/mol. The number of nitrogens with one attached hydrogen (secondary N) is 1. The number of carbonyl (C=O) groups is 1. The zero-order chi connectivity index (χ0) is 18.7. The summed E-state index contributed by atoms with van der Waals surface area (Å²) in [7, 11) is 4.77. The predicted octanol–water partition coefficient (Wildman–Crippen LogP) is 3.96. The van der Waals surface area contributed by atoms with Crippen molar-refractivity contribution in [1.82, 2.24) is 4.90 Å². The molecule has 0 saturated carbocycles. The molecule has 1 heterocycles. The van der Waals surface area contributed by atoms with Gasteiger partial charge in [-0.3, -0.25) is 0 Å². The number of urea groups is 1. The summed E-state index contributed by atoms with van der Waals surface area (Å²) < 4.78 is 15.8. The van der Waals surface area contributed by atoms with Crippen LogP contribution in [0.3, 0.4) is 0 Å². The zero-order valence-electron chi connectivity index (χ0n) is 15.0. The third-order valence-electron chi connectivity index (χ3n) is 4.41. The van der Waals surface area contributed by atoms with Crippen molar-refractivity contribution in [2.45, 2.75) is 13.0 Å². The van der Waals surface area contributed by atoms with Crippen molar-refractivity contribution in [3.05, 3.63) is 46.5 Å². The van der Waals surface area contributed by atoms with E-state index in [-0.39, 0.29) is 6.03 Å². The summed E-state index contributed by atoms with van der Waals surface area (Å²) in [4.78, 5) is 14.4. The average Bonchev–Trinajstić information content (AvgIpc) is 2.66. The Balaban J connectivity index is 1.73. The third-order valence-corrected chi connectivity index (χ3v) is 4.70. The Kier molecular flexibility index (Phi) is 5.42. The maximum Gasteiger partial charge on any atom is 0.322 e. The van der Waals surface area contributed by atoms with Gasteiger partial charge in [0, 0.05) is 18.8 Å². The first-order valence-electron chi connectivity index (χ1n) is 8.19. The number of amides is 2. The molecule has 0 fully saturated rings. The van der Waals surface area contributed by atoms with Gasteiger partial charge in [-0.05, 0) is 47.9 Å². The van der Waals surface area contributed by atoms with E-state index in [1.807, 2.05) is 12.1 Å². The SMILES string of the molecule is COc1ccc(NC(=O)N2CCc3cc(OC)c(OC)cc3C2)cc1Cl. The number of halogens is 1. The first-order chi connectivity index (χ1) is 12.5. The van der Waals surface area contributed by atoms with Crippen molar-refractivity contribution >= 4 is 23.3 Å². The molecule has 0 saturated heterocycles. The van der Waals surface area contributed by atoms with Crippen molar-refractivity contribution in [2.75, 3.05) is 33.2 Å². The Labute approximate surface area is 157 Å². The summed E-state index contributed by atoms with van der Waals surface area (Å²) in [5, 5.41) is 3.33. The molecule has 138 valence electrons. The van der Waals surface area contributed by atoms with Crippen LogP contribution in [0.5, 0.6) is 17.2 Å². The average molecular weight is 377 g/mol. The minimum absolute atomic E-state index is 0.174. The van der Waals surface area contributed by atoms with Crippen molar-refractivity contribution in [1.29, 1.82) is 0 Å². The van der Waals surface area contributed by atoms with E-state index in [2.05, 4.69) is 5.32 Å². The Morgan fingerprint density at radius 3 is 2.27 bits per heavy atom. The molecule has 0 aromatic heterocycles. The highest BCUT2D eigenvalue weighted by Gasteiger charge is 2.23. The van der Waals surface area contributed by atoms with Crippen LogP contribution in [0.4, 0.5) is 10.5 Å². The van der Waals surface area contributed by atoms with E-state index in [0.29, 0.717) is 41.0 Å². The van der Waals surface area contributed by atoms with Crippen molar-refractivity contribution in [2.24, 2.45) is 0 Å². The molecule has 0 atom stereocenters. The minimum atomic E-state index is -0.174. The van der Waals surface area contributed by atoms with Crippen LogP contribution in [0.25, 0.3) is 0 Å². The van der Waals surface area contributed by atoms with Crippen LogP contribution in [0.15, 0.2) is 30.3 Å². The summed E-state index contributed by atoms with van der Waals surface area (Å²) >= 11 is 6.11. The summed E-state index contributed by atoms with van der Waals surface area (Å²) in [6.45, 7) is 1.13. The second-order valence-corrected chi connectivity index (χ2v) is 6.33. The first kappa shape index (κ1) is 18.2. The molecule has 0 unspecified atom stereocenters. The van der Waals surface area contributed by atoms with E-state index in [1.54, 1.807) is 44.4 Å². The van der Waals surface area contributed by atoms with Gasteiger partial charge in [-0.2, -0.15) is 0 Å². The van der Waals surface area contributed by atoms with Gasteiger partial charge in [-0.1, -0.05) is 11.6 Å². The van der Waals surface area contributed by atoms with Crippen molar-refractivity contribution in [3.8, 4) is 17.2 Å². The highest BCUT2D eigenvalue weighted by Crippen LogP contribution is 2.33. The van der Waals surface area contributed by atoms with Gasteiger partial charge in [-0.25, -0.2) is 4.79 Å². The van der Waals surface area contributed by atoms with Gasteiger partial charge in [0.15, 0.2) is 11.5 Å².